The first-order valence-electron chi connectivity index (χ1n) is 7.22. The summed E-state index contributed by atoms with van der Waals surface area (Å²) in [6, 6.07) is 24.8. The van der Waals surface area contributed by atoms with E-state index in [1.807, 2.05) is 30.3 Å². The topological polar surface area (TPSA) is 24.7 Å². The lowest BCUT2D eigenvalue weighted by Gasteiger charge is -2.11. The highest BCUT2D eigenvalue weighted by Crippen LogP contribution is 2.30. The highest BCUT2D eigenvalue weighted by molar-refractivity contribution is 7.12. The van der Waals surface area contributed by atoms with Crippen LogP contribution in [0.1, 0.15) is 22.0 Å². The van der Waals surface area contributed by atoms with Gasteiger partial charge < -0.3 is 0 Å². The Hall–Kier alpha value is -2.52. The van der Waals surface area contributed by atoms with E-state index < -0.39 is 0 Å². The van der Waals surface area contributed by atoms with Gasteiger partial charge in [-0.25, -0.2) is 4.99 Å². The Balaban J connectivity index is 1.82. The Morgan fingerprint density at radius 2 is 1.50 bits per heavy atom. The molecule has 2 aromatic carbocycles. The van der Waals surface area contributed by atoms with Gasteiger partial charge in [-0.3, -0.25) is 4.99 Å². The third-order valence-electron chi connectivity index (χ3n) is 3.66. The van der Waals surface area contributed by atoms with Crippen LogP contribution >= 0.6 is 11.3 Å². The molecule has 1 aliphatic rings. The molecule has 0 amide bonds. The number of thiophene rings is 1. The lowest BCUT2D eigenvalue weighted by Crippen LogP contribution is -2.08. The molecule has 0 N–H and O–H groups in total. The molecule has 0 aliphatic carbocycles. The standard InChI is InChI=1S/C19H14N2S/c1-3-8-14(9-4-1)17-18(15-10-5-2-6-11-15)21-19(20-17)16-12-7-13-22-16/h1-13,17H. The average molecular weight is 302 g/mol. The molecule has 0 saturated carbocycles. The largest absolute Gasteiger partial charge is 0.251 e. The number of rotatable bonds is 3. The highest BCUT2D eigenvalue weighted by Gasteiger charge is 2.26. The van der Waals surface area contributed by atoms with Gasteiger partial charge in [0.25, 0.3) is 0 Å². The van der Waals surface area contributed by atoms with E-state index in [4.69, 9.17) is 9.98 Å². The van der Waals surface area contributed by atoms with Gasteiger partial charge in [0.1, 0.15) is 6.04 Å². The summed E-state index contributed by atoms with van der Waals surface area (Å²) in [6.45, 7) is 0. The van der Waals surface area contributed by atoms with E-state index in [2.05, 4.69) is 47.8 Å². The van der Waals surface area contributed by atoms with Gasteiger partial charge in [0.05, 0.1) is 10.6 Å². The van der Waals surface area contributed by atoms with Crippen molar-refractivity contribution >= 4 is 22.9 Å². The predicted molar refractivity (Wildman–Crippen MR) is 93.0 cm³/mol. The van der Waals surface area contributed by atoms with Crippen molar-refractivity contribution in [3.8, 4) is 0 Å². The van der Waals surface area contributed by atoms with Gasteiger partial charge in [-0.15, -0.1) is 11.3 Å². The summed E-state index contributed by atoms with van der Waals surface area (Å²) in [7, 11) is 0. The minimum Gasteiger partial charge on any atom is -0.251 e. The van der Waals surface area contributed by atoms with Gasteiger partial charge in [0, 0.05) is 0 Å². The molecule has 3 heteroatoms. The maximum atomic E-state index is 4.88. The summed E-state index contributed by atoms with van der Waals surface area (Å²) in [5.41, 5.74) is 3.33. The summed E-state index contributed by atoms with van der Waals surface area (Å²) >= 11 is 1.68. The Morgan fingerprint density at radius 3 is 2.18 bits per heavy atom. The van der Waals surface area contributed by atoms with Crippen LogP contribution in [0.25, 0.3) is 0 Å². The predicted octanol–water partition coefficient (Wildman–Crippen LogP) is 4.74. The van der Waals surface area contributed by atoms with Gasteiger partial charge in [0.2, 0.25) is 0 Å². The third-order valence-corrected chi connectivity index (χ3v) is 4.53. The fourth-order valence-electron chi connectivity index (χ4n) is 2.61. The van der Waals surface area contributed by atoms with Crippen molar-refractivity contribution in [3.63, 3.8) is 0 Å². The molecule has 3 aromatic rings. The molecule has 0 radical (unpaired) electrons. The van der Waals surface area contributed by atoms with Crippen LogP contribution in [0.5, 0.6) is 0 Å². The second kappa shape index (κ2) is 5.70. The second-order valence-electron chi connectivity index (χ2n) is 5.11. The molecular formula is C19H14N2S. The molecule has 0 bridgehead atoms. The second-order valence-corrected chi connectivity index (χ2v) is 6.05. The number of aliphatic imine (C=N–C) groups is 2. The molecule has 0 saturated heterocycles. The van der Waals surface area contributed by atoms with E-state index in [0.717, 1.165) is 22.0 Å². The van der Waals surface area contributed by atoms with Crippen LogP contribution in [0, 0.1) is 0 Å². The molecule has 4 rings (SSSR count). The van der Waals surface area contributed by atoms with Crippen molar-refractivity contribution in [1.82, 2.24) is 0 Å². The van der Waals surface area contributed by atoms with Crippen molar-refractivity contribution in [2.75, 3.05) is 0 Å². The van der Waals surface area contributed by atoms with Crippen LogP contribution in [0.3, 0.4) is 0 Å². The first-order chi connectivity index (χ1) is 10.9. The van der Waals surface area contributed by atoms with E-state index in [9.17, 15) is 0 Å². The van der Waals surface area contributed by atoms with Crippen molar-refractivity contribution in [2.45, 2.75) is 6.04 Å². The van der Waals surface area contributed by atoms with E-state index >= 15 is 0 Å². The number of amidine groups is 1. The monoisotopic (exact) mass is 302 g/mol. The molecule has 0 spiro atoms. The van der Waals surface area contributed by atoms with Crippen molar-refractivity contribution in [2.24, 2.45) is 9.98 Å². The fourth-order valence-corrected chi connectivity index (χ4v) is 3.28. The van der Waals surface area contributed by atoms with E-state index in [0.29, 0.717) is 0 Å². The minimum atomic E-state index is -0.0271. The molecule has 1 aliphatic heterocycles. The Labute approximate surface area is 133 Å². The van der Waals surface area contributed by atoms with E-state index in [1.165, 1.54) is 5.56 Å². The van der Waals surface area contributed by atoms with Crippen LogP contribution in [0.4, 0.5) is 0 Å². The molecule has 106 valence electrons. The van der Waals surface area contributed by atoms with Crippen molar-refractivity contribution in [1.29, 1.82) is 0 Å². The minimum absolute atomic E-state index is 0.0271. The normalized spacial score (nSPS) is 17.2. The van der Waals surface area contributed by atoms with Crippen LogP contribution in [0.2, 0.25) is 0 Å². The van der Waals surface area contributed by atoms with Crippen molar-refractivity contribution < 1.29 is 0 Å². The molecular weight excluding hydrogens is 288 g/mol. The quantitative estimate of drug-likeness (QED) is 0.667. The zero-order chi connectivity index (χ0) is 14.8. The number of hydrogen-bond acceptors (Lipinski definition) is 3. The van der Waals surface area contributed by atoms with Gasteiger partial charge in [0.15, 0.2) is 5.84 Å². The van der Waals surface area contributed by atoms with Gasteiger partial charge in [-0.05, 0) is 22.6 Å². The number of benzene rings is 2. The van der Waals surface area contributed by atoms with Crippen LogP contribution in [0.15, 0.2) is 88.2 Å². The zero-order valence-electron chi connectivity index (χ0n) is 11.9. The van der Waals surface area contributed by atoms with E-state index in [-0.39, 0.29) is 6.04 Å². The first-order valence-corrected chi connectivity index (χ1v) is 8.10. The lowest BCUT2D eigenvalue weighted by atomic mass is 9.98. The maximum absolute atomic E-state index is 4.88. The van der Waals surface area contributed by atoms with E-state index in [1.54, 1.807) is 11.3 Å². The molecule has 0 fully saturated rings. The third kappa shape index (κ3) is 2.40. The average Bonchev–Trinajstić information content (AvgIpc) is 3.26. The first kappa shape index (κ1) is 13.2. The van der Waals surface area contributed by atoms with Crippen LogP contribution in [-0.2, 0) is 0 Å². The number of nitrogens with zero attached hydrogens (tertiary/aromatic N) is 2. The summed E-state index contributed by atoms with van der Waals surface area (Å²) in [5, 5.41) is 2.06. The Morgan fingerprint density at radius 1 is 0.773 bits per heavy atom. The SMILES string of the molecule is c1ccc(C2=NC(c3cccs3)=NC2c2ccccc2)cc1. The molecule has 1 atom stereocenters. The Bertz CT molecular complexity index is 818. The highest BCUT2D eigenvalue weighted by atomic mass is 32.1. The molecule has 22 heavy (non-hydrogen) atoms. The molecule has 1 unspecified atom stereocenters. The smallest absolute Gasteiger partial charge is 0.166 e. The maximum Gasteiger partial charge on any atom is 0.166 e. The van der Waals surface area contributed by atoms with Crippen LogP contribution in [-0.4, -0.2) is 11.5 Å². The summed E-state index contributed by atoms with van der Waals surface area (Å²) < 4.78 is 0. The number of hydrogen-bond donors (Lipinski definition) is 0. The van der Waals surface area contributed by atoms with Crippen molar-refractivity contribution in [3.05, 3.63) is 94.2 Å². The fraction of sp³-hybridized carbons (Fsp3) is 0.0526. The zero-order valence-corrected chi connectivity index (χ0v) is 12.7. The summed E-state index contributed by atoms with van der Waals surface area (Å²) in [5.74, 6) is 0.836. The molecule has 2 heterocycles. The summed E-state index contributed by atoms with van der Waals surface area (Å²) in [6.07, 6.45) is 0. The van der Waals surface area contributed by atoms with Gasteiger partial charge in [-0.2, -0.15) is 0 Å². The molecule has 1 aromatic heterocycles. The molecule has 2 nitrogen and oxygen atoms in total. The van der Waals surface area contributed by atoms with Gasteiger partial charge >= 0.3 is 0 Å². The van der Waals surface area contributed by atoms with Crippen LogP contribution < -0.4 is 0 Å². The summed E-state index contributed by atoms with van der Waals surface area (Å²) in [4.78, 5) is 10.8. The lowest BCUT2D eigenvalue weighted by molar-refractivity contribution is 0.986. The Kier molecular flexibility index (Phi) is 3.41. The van der Waals surface area contributed by atoms with Gasteiger partial charge in [-0.1, -0.05) is 66.7 Å².